The molecular formula is C17H17N5O2. The third-order valence-corrected chi connectivity index (χ3v) is 3.54. The largest absolute Gasteiger partial charge is 0.348 e. The molecule has 0 aliphatic heterocycles. The SMILES string of the molecule is C[C@@H](Cn1cncn1)NC(=O)c1ccc(-c2ccccc2)[nH]c1=O. The summed E-state index contributed by atoms with van der Waals surface area (Å²) in [5.41, 5.74) is 1.23. The average molecular weight is 323 g/mol. The van der Waals surface area contributed by atoms with E-state index in [1.165, 1.54) is 6.33 Å². The van der Waals surface area contributed by atoms with Gasteiger partial charge in [0.1, 0.15) is 18.2 Å². The summed E-state index contributed by atoms with van der Waals surface area (Å²) in [5, 5.41) is 6.77. The first-order valence-corrected chi connectivity index (χ1v) is 7.55. The van der Waals surface area contributed by atoms with E-state index in [0.717, 1.165) is 5.56 Å². The normalized spacial score (nSPS) is 11.9. The maximum atomic E-state index is 12.3. The van der Waals surface area contributed by atoms with Gasteiger partial charge in [0.05, 0.1) is 6.54 Å². The van der Waals surface area contributed by atoms with Crippen LogP contribution in [0.2, 0.25) is 0 Å². The summed E-state index contributed by atoms with van der Waals surface area (Å²) in [4.78, 5) is 31.1. The van der Waals surface area contributed by atoms with Crippen LogP contribution in [0.3, 0.4) is 0 Å². The Bertz CT molecular complexity index is 872. The van der Waals surface area contributed by atoms with Gasteiger partial charge in [-0.05, 0) is 24.6 Å². The number of carbonyl (C=O) groups is 1. The maximum absolute atomic E-state index is 12.3. The van der Waals surface area contributed by atoms with E-state index in [1.807, 2.05) is 37.3 Å². The number of hydrogen-bond donors (Lipinski definition) is 2. The van der Waals surface area contributed by atoms with E-state index < -0.39 is 11.5 Å². The average Bonchev–Trinajstić information content (AvgIpc) is 3.08. The highest BCUT2D eigenvalue weighted by molar-refractivity contribution is 5.94. The first kappa shape index (κ1) is 15.7. The van der Waals surface area contributed by atoms with Crippen LogP contribution in [0.25, 0.3) is 11.3 Å². The van der Waals surface area contributed by atoms with Crippen molar-refractivity contribution in [1.29, 1.82) is 0 Å². The molecule has 0 spiro atoms. The van der Waals surface area contributed by atoms with Gasteiger partial charge in [0.25, 0.3) is 11.5 Å². The molecule has 3 aromatic rings. The van der Waals surface area contributed by atoms with Gasteiger partial charge in [-0.2, -0.15) is 5.10 Å². The summed E-state index contributed by atoms with van der Waals surface area (Å²) in [5.74, 6) is -0.413. The van der Waals surface area contributed by atoms with E-state index in [0.29, 0.717) is 12.2 Å². The van der Waals surface area contributed by atoms with Crippen molar-refractivity contribution in [2.24, 2.45) is 0 Å². The Morgan fingerprint density at radius 1 is 1.25 bits per heavy atom. The topological polar surface area (TPSA) is 92.7 Å². The molecule has 24 heavy (non-hydrogen) atoms. The van der Waals surface area contributed by atoms with E-state index >= 15 is 0 Å². The van der Waals surface area contributed by atoms with Gasteiger partial charge in [-0.25, -0.2) is 4.98 Å². The molecule has 2 N–H and O–H groups in total. The number of nitrogens with zero attached hydrogens (tertiary/aromatic N) is 3. The van der Waals surface area contributed by atoms with Crippen molar-refractivity contribution in [2.75, 3.05) is 0 Å². The minimum Gasteiger partial charge on any atom is -0.348 e. The number of rotatable bonds is 5. The van der Waals surface area contributed by atoms with E-state index in [2.05, 4.69) is 20.4 Å². The second kappa shape index (κ2) is 6.91. The molecule has 1 amide bonds. The van der Waals surface area contributed by atoms with E-state index in [4.69, 9.17) is 0 Å². The lowest BCUT2D eigenvalue weighted by atomic mass is 10.1. The van der Waals surface area contributed by atoms with Gasteiger partial charge in [0.2, 0.25) is 0 Å². The molecule has 0 aliphatic carbocycles. The second-order valence-corrected chi connectivity index (χ2v) is 5.47. The highest BCUT2D eigenvalue weighted by Crippen LogP contribution is 2.14. The predicted octanol–water partition coefficient (Wildman–Crippen LogP) is 1.45. The fraction of sp³-hybridized carbons (Fsp3) is 0.176. The van der Waals surface area contributed by atoms with Crippen LogP contribution in [0.4, 0.5) is 0 Å². The third-order valence-electron chi connectivity index (χ3n) is 3.54. The standard InChI is InChI=1S/C17H17N5O2/c1-12(9-22-11-18-10-19-22)20-16(23)14-7-8-15(21-17(14)24)13-5-3-2-4-6-13/h2-8,10-12H,9H2,1H3,(H,20,23)(H,21,24)/t12-/m0/s1. The molecule has 122 valence electrons. The van der Waals surface area contributed by atoms with Crippen molar-refractivity contribution < 1.29 is 4.79 Å². The number of amides is 1. The fourth-order valence-corrected chi connectivity index (χ4v) is 2.39. The number of pyridine rings is 1. The zero-order valence-corrected chi connectivity index (χ0v) is 13.1. The molecule has 2 aromatic heterocycles. The molecule has 2 heterocycles. The molecule has 0 radical (unpaired) electrons. The van der Waals surface area contributed by atoms with Gasteiger partial charge >= 0.3 is 0 Å². The van der Waals surface area contributed by atoms with Crippen LogP contribution in [0.15, 0.2) is 59.9 Å². The highest BCUT2D eigenvalue weighted by Gasteiger charge is 2.14. The summed E-state index contributed by atoms with van der Waals surface area (Å²) in [6.07, 6.45) is 3.01. The summed E-state index contributed by atoms with van der Waals surface area (Å²) in [6.45, 7) is 2.32. The summed E-state index contributed by atoms with van der Waals surface area (Å²) < 4.78 is 1.62. The molecule has 7 heteroatoms. The molecule has 0 unspecified atom stereocenters. The van der Waals surface area contributed by atoms with Crippen LogP contribution < -0.4 is 10.9 Å². The Morgan fingerprint density at radius 2 is 2.04 bits per heavy atom. The Kier molecular flexibility index (Phi) is 4.51. The molecule has 3 rings (SSSR count). The van der Waals surface area contributed by atoms with E-state index in [1.54, 1.807) is 23.1 Å². The van der Waals surface area contributed by atoms with Crippen molar-refractivity contribution in [1.82, 2.24) is 25.1 Å². The number of aromatic amines is 1. The van der Waals surface area contributed by atoms with Crippen LogP contribution in [-0.2, 0) is 6.54 Å². The van der Waals surface area contributed by atoms with Crippen molar-refractivity contribution >= 4 is 5.91 Å². The molecular weight excluding hydrogens is 306 g/mol. The van der Waals surface area contributed by atoms with Crippen molar-refractivity contribution in [3.8, 4) is 11.3 Å². The molecule has 0 saturated heterocycles. The van der Waals surface area contributed by atoms with Crippen LogP contribution in [-0.4, -0.2) is 31.7 Å². The number of nitrogens with one attached hydrogen (secondary N) is 2. The van der Waals surface area contributed by atoms with Gasteiger partial charge in [-0.15, -0.1) is 0 Å². The molecule has 0 aliphatic rings. The number of H-pyrrole nitrogens is 1. The highest BCUT2D eigenvalue weighted by atomic mass is 16.2. The van der Waals surface area contributed by atoms with Crippen molar-refractivity contribution in [3.05, 3.63) is 71.0 Å². The Balaban J connectivity index is 1.72. The van der Waals surface area contributed by atoms with Gasteiger partial charge < -0.3 is 10.3 Å². The Hall–Kier alpha value is -3.22. The molecule has 0 fully saturated rings. The quantitative estimate of drug-likeness (QED) is 0.743. The van der Waals surface area contributed by atoms with Crippen LogP contribution in [0, 0.1) is 0 Å². The minimum absolute atomic E-state index is 0.0834. The lowest BCUT2D eigenvalue weighted by molar-refractivity contribution is 0.0934. The number of hydrogen-bond acceptors (Lipinski definition) is 4. The van der Waals surface area contributed by atoms with E-state index in [9.17, 15) is 9.59 Å². The zero-order valence-electron chi connectivity index (χ0n) is 13.1. The van der Waals surface area contributed by atoms with Crippen molar-refractivity contribution in [3.63, 3.8) is 0 Å². The van der Waals surface area contributed by atoms with Gasteiger partial charge in [-0.3, -0.25) is 14.3 Å². The first-order valence-electron chi connectivity index (χ1n) is 7.55. The molecule has 0 bridgehead atoms. The van der Waals surface area contributed by atoms with Gasteiger partial charge in [0.15, 0.2) is 0 Å². The third kappa shape index (κ3) is 3.57. The van der Waals surface area contributed by atoms with Crippen LogP contribution >= 0.6 is 0 Å². The summed E-state index contributed by atoms with van der Waals surface area (Å²) in [6, 6.07) is 12.6. The first-order chi connectivity index (χ1) is 11.6. The van der Waals surface area contributed by atoms with Gasteiger partial charge in [-0.1, -0.05) is 30.3 Å². The predicted molar refractivity (Wildman–Crippen MR) is 89.4 cm³/mol. The molecule has 7 nitrogen and oxygen atoms in total. The minimum atomic E-state index is -0.415. The monoisotopic (exact) mass is 323 g/mol. The van der Waals surface area contributed by atoms with Crippen LogP contribution in [0.1, 0.15) is 17.3 Å². The van der Waals surface area contributed by atoms with Gasteiger partial charge in [0, 0.05) is 11.7 Å². The Morgan fingerprint density at radius 3 is 2.71 bits per heavy atom. The lowest BCUT2D eigenvalue weighted by Gasteiger charge is -2.13. The maximum Gasteiger partial charge on any atom is 0.261 e. The Labute approximate surface area is 138 Å². The fourth-order valence-electron chi connectivity index (χ4n) is 2.39. The lowest BCUT2D eigenvalue weighted by Crippen LogP contribution is -2.38. The van der Waals surface area contributed by atoms with Crippen LogP contribution in [0.5, 0.6) is 0 Å². The zero-order chi connectivity index (χ0) is 16.9. The molecule has 0 saturated carbocycles. The molecule has 1 aromatic carbocycles. The number of aromatic nitrogens is 4. The number of carbonyl (C=O) groups excluding carboxylic acids is 1. The smallest absolute Gasteiger partial charge is 0.261 e. The van der Waals surface area contributed by atoms with E-state index in [-0.39, 0.29) is 11.6 Å². The second-order valence-electron chi connectivity index (χ2n) is 5.47. The summed E-state index contributed by atoms with van der Waals surface area (Å²) in [7, 11) is 0. The summed E-state index contributed by atoms with van der Waals surface area (Å²) >= 11 is 0. The van der Waals surface area contributed by atoms with Crippen molar-refractivity contribution in [2.45, 2.75) is 19.5 Å². The number of benzene rings is 1. The molecule has 1 atom stereocenters.